The minimum atomic E-state index is -5.13. The fraction of sp³-hybridized carbons (Fsp3) is 0.849. The normalized spacial score (nSPS) is 21.4. The Morgan fingerprint density at radius 1 is 0.448 bits per heavy atom. The number of carbonyl (C=O) groups is 2. The maximum atomic E-state index is 12.8. The zero-order chi connectivity index (χ0) is 49.2. The number of phosphoric ester groups is 1. The molecule has 67 heavy (non-hydrogen) atoms. The van der Waals surface area contributed by atoms with Crippen molar-refractivity contribution in [2.24, 2.45) is 0 Å². The van der Waals surface area contributed by atoms with E-state index in [1.807, 2.05) is 6.08 Å². The van der Waals surface area contributed by atoms with Crippen LogP contribution >= 0.6 is 7.82 Å². The quantitative estimate of drug-likeness (QED) is 0.0145. The lowest BCUT2D eigenvalue weighted by Crippen LogP contribution is -2.64. The highest BCUT2D eigenvalue weighted by atomic mass is 31.2. The Kier molecular flexibility index (Phi) is 40.4. The van der Waals surface area contributed by atoms with Gasteiger partial charge in [0.2, 0.25) is 0 Å². The molecule has 1 saturated carbocycles. The molecule has 1 rings (SSSR count). The lowest BCUT2D eigenvalue weighted by atomic mass is 9.85. The van der Waals surface area contributed by atoms with Gasteiger partial charge in [0.05, 0.1) is 6.61 Å². The first-order valence-electron chi connectivity index (χ1n) is 26.8. The van der Waals surface area contributed by atoms with Gasteiger partial charge in [0.25, 0.3) is 0 Å². The standard InChI is InChI=1S/C53H97O13P/c1-3-5-7-9-11-13-15-17-19-20-21-22-23-24-25-26-28-30-32-34-36-38-40-42-47(55)65-45(44-64-67(61,62)66-53-51(59)49(57)48(56)50(58)52(53)60)43-63-46(54)41-39-37-35-33-31-29-27-18-16-14-12-10-8-6-4-2/h10,12,26,28,34,36,45,48-53,56-60H,3-9,11,13-25,27,29-33,35,37-44H2,1-2H3,(H,61,62)/b12-10+,28-26+,36-34+/t45-,48?,49-,50?,51?,52?,53?/m1/s1. The van der Waals surface area contributed by atoms with Gasteiger partial charge in [-0.25, -0.2) is 4.57 Å². The van der Waals surface area contributed by atoms with Crippen molar-refractivity contribution in [3.8, 4) is 0 Å². The second-order valence-corrected chi connectivity index (χ2v) is 20.1. The van der Waals surface area contributed by atoms with Crippen molar-refractivity contribution in [2.75, 3.05) is 13.2 Å². The first-order chi connectivity index (χ1) is 32.4. The summed E-state index contributed by atoms with van der Waals surface area (Å²) in [4.78, 5) is 35.8. The number of esters is 2. The van der Waals surface area contributed by atoms with E-state index in [1.165, 1.54) is 135 Å². The third-order valence-electron chi connectivity index (χ3n) is 12.4. The van der Waals surface area contributed by atoms with Crippen LogP contribution in [0.1, 0.15) is 232 Å². The van der Waals surface area contributed by atoms with E-state index in [0.717, 1.165) is 51.4 Å². The molecule has 0 saturated heterocycles. The van der Waals surface area contributed by atoms with E-state index in [9.17, 15) is 44.6 Å². The average Bonchev–Trinajstić information content (AvgIpc) is 3.31. The number of hydrogen-bond donors (Lipinski definition) is 6. The van der Waals surface area contributed by atoms with Gasteiger partial charge in [0.15, 0.2) is 6.10 Å². The molecule has 6 N–H and O–H groups in total. The molecule has 0 amide bonds. The summed E-state index contributed by atoms with van der Waals surface area (Å²) in [6.07, 6.45) is 37.8. The van der Waals surface area contributed by atoms with Crippen LogP contribution in [0.5, 0.6) is 0 Å². The lowest BCUT2D eigenvalue weighted by molar-refractivity contribution is -0.220. The third kappa shape index (κ3) is 34.9. The number of rotatable bonds is 45. The predicted molar refractivity (Wildman–Crippen MR) is 267 cm³/mol. The maximum absolute atomic E-state index is 12.8. The fourth-order valence-corrected chi connectivity index (χ4v) is 9.09. The van der Waals surface area contributed by atoms with E-state index < -0.39 is 75.7 Å². The van der Waals surface area contributed by atoms with Crippen molar-refractivity contribution in [2.45, 2.75) is 275 Å². The number of unbranched alkanes of at least 4 members (excludes halogenated alkanes) is 27. The van der Waals surface area contributed by atoms with Gasteiger partial charge < -0.3 is 39.9 Å². The molecule has 1 aliphatic carbocycles. The third-order valence-corrected chi connectivity index (χ3v) is 13.4. The number of aliphatic hydroxyl groups is 5. The Morgan fingerprint density at radius 2 is 0.806 bits per heavy atom. The van der Waals surface area contributed by atoms with Gasteiger partial charge in [0, 0.05) is 12.8 Å². The molecule has 0 aromatic heterocycles. The van der Waals surface area contributed by atoms with Gasteiger partial charge in [-0.2, -0.15) is 0 Å². The van der Waals surface area contributed by atoms with Crippen LogP contribution in [0, 0.1) is 0 Å². The highest BCUT2D eigenvalue weighted by Gasteiger charge is 2.51. The van der Waals surface area contributed by atoms with Crippen LogP contribution in [0.4, 0.5) is 0 Å². The second kappa shape index (κ2) is 42.9. The van der Waals surface area contributed by atoms with Crippen molar-refractivity contribution >= 4 is 19.8 Å². The maximum Gasteiger partial charge on any atom is 0.472 e. The molecule has 1 fully saturated rings. The smallest absolute Gasteiger partial charge is 0.462 e. The number of ether oxygens (including phenoxy) is 2. The molecule has 0 heterocycles. The van der Waals surface area contributed by atoms with Gasteiger partial charge >= 0.3 is 19.8 Å². The SMILES string of the molecule is CCCC/C=C/CCCCCCCCCCCC(=O)OC[C@H](COP(=O)(O)OC1C(O)C(O)C(O)[C@@H](O)C1O)OC(=O)CCC/C=C/CC/C=C/CCCCCCCCCCCCCCCC. The molecule has 0 bridgehead atoms. The molecular formula is C53H97O13P. The van der Waals surface area contributed by atoms with Crippen LogP contribution in [0.3, 0.4) is 0 Å². The second-order valence-electron chi connectivity index (χ2n) is 18.7. The number of carbonyl (C=O) groups excluding carboxylic acids is 2. The highest BCUT2D eigenvalue weighted by Crippen LogP contribution is 2.47. The number of aliphatic hydroxyl groups excluding tert-OH is 5. The molecule has 8 atom stereocenters. The Hall–Kier alpha value is -1.93. The Bertz CT molecular complexity index is 1310. The van der Waals surface area contributed by atoms with Crippen molar-refractivity contribution in [1.29, 1.82) is 0 Å². The lowest BCUT2D eigenvalue weighted by Gasteiger charge is -2.41. The zero-order valence-corrected chi connectivity index (χ0v) is 42.8. The Morgan fingerprint density at radius 3 is 1.27 bits per heavy atom. The summed E-state index contributed by atoms with van der Waals surface area (Å²) in [5, 5.41) is 50.3. The molecule has 0 radical (unpaired) electrons. The van der Waals surface area contributed by atoms with E-state index in [2.05, 4.69) is 44.2 Å². The van der Waals surface area contributed by atoms with E-state index >= 15 is 0 Å². The molecule has 0 spiro atoms. The number of phosphoric acid groups is 1. The van der Waals surface area contributed by atoms with Gasteiger partial charge in [0.1, 0.15) is 43.2 Å². The van der Waals surface area contributed by atoms with Crippen molar-refractivity contribution in [3.05, 3.63) is 36.5 Å². The Labute approximate surface area is 406 Å². The summed E-state index contributed by atoms with van der Waals surface area (Å²) >= 11 is 0. The molecular weight excluding hydrogens is 876 g/mol. The Balaban J connectivity index is 2.39. The molecule has 392 valence electrons. The summed E-state index contributed by atoms with van der Waals surface area (Å²) in [5.41, 5.74) is 0. The van der Waals surface area contributed by atoms with E-state index in [0.29, 0.717) is 19.3 Å². The number of allylic oxidation sites excluding steroid dienone is 6. The number of hydrogen-bond acceptors (Lipinski definition) is 12. The minimum Gasteiger partial charge on any atom is -0.462 e. The van der Waals surface area contributed by atoms with Gasteiger partial charge in [-0.1, -0.05) is 192 Å². The van der Waals surface area contributed by atoms with E-state index in [1.54, 1.807) is 0 Å². The molecule has 6 unspecified atom stereocenters. The predicted octanol–water partition coefficient (Wildman–Crippen LogP) is 11.7. The first-order valence-corrected chi connectivity index (χ1v) is 28.3. The largest absolute Gasteiger partial charge is 0.472 e. The topological polar surface area (TPSA) is 210 Å². The van der Waals surface area contributed by atoms with Crippen LogP contribution < -0.4 is 0 Å². The van der Waals surface area contributed by atoms with Crippen LogP contribution in [-0.4, -0.2) is 98.3 Å². The highest BCUT2D eigenvalue weighted by molar-refractivity contribution is 7.47. The van der Waals surface area contributed by atoms with Crippen molar-refractivity contribution < 1.29 is 63.1 Å². The first kappa shape index (κ1) is 63.1. The van der Waals surface area contributed by atoms with Crippen molar-refractivity contribution in [1.82, 2.24) is 0 Å². The van der Waals surface area contributed by atoms with Gasteiger partial charge in [-0.15, -0.1) is 0 Å². The summed E-state index contributed by atoms with van der Waals surface area (Å²) in [5.74, 6) is -1.14. The van der Waals surface area contributed by atoms with Gasteiger partial charge in [-0.05, 0) is 64.2 Å². The van der Waals surface area contributed by atoms with Gasteiger partial charge in [-0.3, -0.25) is 18.6 Å². The monoisotopic (exact) mass is 973 g/mol. The molecule has 0 aliphatic heterocycles. The summed E-state index contributed by atoms with van der Waals surface area (Å²) in [6, 6.07) is 0. The summed E-state index contributed by atoms with van der Waals surface area (Å²) < 4.78 is 33.6. The summed E-state index contributed by atoms with van der Waals surface area (Å²) in [6.45, 7) is 3.27. The van der Waals surface area contributed by atoms with Crippen LogP contribution in [-0.2, 0) is 32.7 Å². The molecule has 14 heteroatoms. The van der Waals surface area contributed by atoms with E-state index in [-0.39, 0.29) is 12.8 Å². The van der Waals surface area contributed by atoms with E-state index in [4.69, 9.17) is 18.5 Å². The minimum absolute atomic E-state index is 0.0379. The molecule has 0 aromatic rings. The fourth-order valence-electron chi connectivity index (χ4n) is 8.11. The summed E-state index contributed by atoms with van der Waals surface area (Å²) in [7, 11) is -5.13. The zero-order valence-electron chi connectivity index (χ0n) is 41.9. The van der Waals surface area contributed by atoms with Crippen LogP contribution in [0.15, 0.2) is 36.5 Å². The molecule has 1 aliphatic rings. The van der Waals surface area contributed by atoms with Crippen LogP contribution in [0.25, 0.3) is 0 Å². The molecule has 0 aromatic carbocycles. The van der Waals surface area contributed by atoms with Crippen molar-refractivity contribution in [3.63, 3.8) is 0 Å². The molecule has 13 nitrogen and oxygen atoms in total. The van der Waals surface area contributed by atoms with Crippen LogP contribution in [0.2, 0.25) is 0 Å². The average molecular weight is 973 g/mol.